The van der Waals surface area contributed by atoms with E-state index < -0.39 is 0 Å². The molecule has 2 saturated heterocycles. The SMILES string of the molecule is CCn1ccnc1CC(NC)C1CC2CCC1O2. The van der Waals surface area contributed by atoms with Gasteiger partial charge in [0.05, 0.1) is 12.2 Å². The topological polar surface area (TPSA) is 39.1 Å². The number of nitrogens with zero attached hydrogens (tertiary/aromatic N) is 2. The predicted octanol–water partition coefficient (Wildman–Crippen LogP) is 1.60. The number of hydrogen-bond donors (Lipinski definition) is 1. The molecule has 18 heavy (non-hydrogen) atoms. The molecule has 4 atom stereocenters. The number of nitrogens with one attached hydrogen (secondary N) is 1. The Morgan fingerprint density at radius 3 is 3.06 bits per heavy atom. The van der Waals surface area contributed by atoms with Crippen molar-refractivity contribution in [1.82, 2.24) is 14.9 Å². The van der Waals surface area contributed by atoms with Crippen molar-refractivity contribution in [2.45, 2.75) is 57.4 Å². The van der Waals surface area contributed by atoms with E-state index in [1.807, 2.05) is 6.20 Å². The first-order chi connectivity index (χ1) is 8.81. The monoisotopic (exact) mass is 249 g/mol. The van der Waals surface area contributed by atoms with Crippen LogP contribution in [0.1, 0.15) is 32.0 Å². The zero-order chi connectivity index (χ0) is 12.5. The first kappa shape index (κ1) is 12.2. The van der Waals surface area contributed by atoms with Crippen LogP contribution in [0.2, 0.25) is 0 Å². The van der Waals surface area contributed by atoms with Gasteiger partial charge in [0.15, 0.2) is 0 Å². The van der Waals surface area contributed by atoms with Crippen molar-refractivity contribution in [2.24, 2.45) is 5.92 Å². The number of rotatable bonds is 5. The third kappa shape index (κ3) is 2.08. The standard InChI is InChI=1S/C14H23N3O/c1-3-17-7-6-16-14(17)9-12(15-2)11-8-10-4-5-13(11)18-10/h6-7,10-13,15H,3-5,8-9H2,1-2H3. The molecule has 1 aromatic heterocycles. The highest BCUT2D eigenvalue weighted by molar-refractivity contribution is 5.01. The van der Waals surface area contributed by atoms with Crippen LogP contribution in [-0.2, 0) is 17.7 Å². The summed E-state index contributed by atoms with van der Waals surface area (Å²) in [4.78, 5) is 4.49. The average Bonchev–Trinajstić information content (AvgIpc) is 3.11. The van der Waals surface area contributed by atoms with Crippen LogP contribution in [0.15, 0.2) is 12.4 Å². The number of likely N-dealkylation sites (N-methyl/N-ethyl adjacent to an activating group) is 1. The van der Waals surface area contributed by atoms with Crippen molar-refractivity contribution in [1.29, 1.82) is 0 Å². The molecule has 0 aliphatic carbocycles. The number of imidazole rings is 1. The number of hydrogen-bond acceptors (Lipinski definition) is 3. The maximum absolute atomic E-state index is 5.98. The first-order valence-corrected chi connectivity index (χ1v) is 7.14. The summed E-state index contributed by atoms with van der Waals surface area (Å²) >= 11 is 0. The summed E-state index contributed by atoms with van der Waals surface area (Å²) in [6, 6.07) is 0.494. The molecular weight excluding hydrogens is 226 g/mol. The van der Waals surface area contributed by atoms with Crippen LogP contribution >= 0.6 is 0 Å². The Kier molecular flexibility index (Phi) is 3.39. The highest BCUT2D eigenvalue weighted by atomic mass is 16.5. The minimum absolute atomic E-state index is 0.484. The first-order valence-electron chi connectivity index (χ1n) is 7.14. The van der Waals surface area contributed by atoms with Crippen molar-refractivity contribution in [3.05, 3.63) is 18.2 Å². The molecule has 0 aromatic carbocycles. The van der Waals surface area contributed by atoms with Gasteiger partial charge in [0.25, 0.3) is 0 Å². The maximum Gasteiger partial charge on any atom is 0.110 e. The van der Waals surface area contributed by atoms with Gasteiger partial charge in [0, 0.05) is 37.3 Å². The smallest absolute Gasteiger partial charge is 0.110 e. The number of aromatic nitrogens is 2. The second kappa shape index (κ2) is 5.02. The molecule has 4 unspecified atom stereocenters. The van der Waals surface area contributed by atoms with E-state index >= 15 is 0 Å². The second-order valence-corrected chi connectivity index (χ2v) is 5.50. The maximum atomic E-state index is 5.98. The fraction of sp³-hybridized carbons (Fsp3) is 0.786. The predicted molar refractivity (Wildman–Crippen MR) is 70.5 cm³/mol. The zero-order valence-electron chi connectivity index (χ0n) is 11.3. The Bertz CT molecular complexity index is 403. The molecule has 3 heterocycles. The lowest BCUT2D eigenvalue weighted by Crippen LogP contribution is -2.41. The van der Waals surface area contributed by atoms with E-state index in [2.05, 4.69) is 35.0 Å². The quantitative estimate of drug-likeness (QED) is 0.861. The minimum Gasteiger partial charge on any atom is -0.375 e. The molecule has 0 amide bonds. The number of ether oxygens (including phenoxy) is 1. The van der Waals surface area contributed by atoms with Gasteiger partial charge in [-0.1, -0.05) is 0 Å². The summed E-state index contributed by atoms with van der Waals surface area (Å²) in [5.74, 6) is 1.86. The molecule has 1 aromatic rings. The summed E-state index contributed by atoms with van der Waals surface area (Å²) in [6.45, 7) is 3.17. The van der Waals surface area contributed by atoms with Gasteiger partial charge in [0.2, 0.25) is 0 Å². The van der Waals surface area contributed by atoms with Gasteiger partial charge in [-0.05, 0) is 33.2 Å². The van der Waals surface area contributed by atoms with E-state index in [0.29, 0.717) is 24.2 Å². The van der Waals surface area contributed by atoms with Crippen molar-refractivity contribution in [3.8, 4) is 0 Å². The van der Waals surface area contributed by atoms with Crippen LogP contribution in [0.4, 0.5) is 0 Å². The third-order valence-corrected chi connectivity index (χ3v) is 4.59. The van der Waals surface area contributed by atoms with Gasteiger partial charge in [-0.25, -0.2) is 4.98 Å². The van der Waals surface area contributed by atoms with E-state index in [0.717, 1.165) is 13.0 Å². The lowest BCUT2D eigenvalue weighted by molar-refractivity contribution is 0.0861. The Labute approximate surface area is 109 Å². The van der Waals surface area contributed by atoms with E-state index in [9.17, 15) is 0 Å². The lowest BCUT2D eigenvalue weighted by atomic mass is 9.82. The van der Waals surface area contributed by atoms with Crippen molar-refractivity contribution < 1.29 is 4.74 Å². The summed E-state index contributed by atoms with van der Waals surface area (Å²) < 4.78 is 8.21. The molecule has 0 saturated carbocycles. The van der Waals surface area contributed by atoms with Gasteiger partial charge < -0.3 is 14.6 Å². The summed E-state index contributed by atoms with van der Waals surface area (Å²) in [5, 5.41) is 3.49. The van der Waals surface area contributed by atoms with Crippen LogP contribution in [0, 0.1) is 5.92 Å². The normalized spacial score (nSPS) is 32.0. The van der Waals surface area contributed by atoms with E-state index in [1.165, 1.54) is 25.1 Å². The highest BCUT2D eigenvalue weighted by Crippen LogP contribution is 2.40. The van der Waals surface area contributed by atoms with Crippen LogP contribution in [-0.4, -0.2) is 34.8 Å². The summed E-state index contributed by atoms with van der Waals surface area (Å²) in [7, 11) is 2.07. The summed E-state index contributed by atoms with van der Waals surface area (Å²) in [6.07, 6.45) is 9.73. The second-order valence-electron chi connectivity index (χ2n) is 5.50. The van der Waals surface area contributed by atoms with Gasteiger partial charge in [-0.2, -0.15) is 0 Å². The molecule has 2 aliphatic heterocycles. The highest BCUT2D eigenvalue weighted by Gasteiger charge is 2.44. The van der Waals surface area contributed by atoms with Crippen molar-refractivity contribution >= 4 is 0 Å². The molecule has 1 N–H and O–H groups in total. The van der Waals surface area contributed by atoms with Crippen molar-refractivity contribution in [3.63, 3.8) is 0 Å². The van der Waals surface area contributed by atoms with Crippen LogP contribution in [0.5, 0.6) is 0 Å². The summed E-state index contributed by atoms with van der Waals surface area (Å²) in [5.41, 5.74) is 0. The molecule has 100 valence electrons. The molecular formula is C14H23N3O. The third-order valence-electron chi connectivity index (χ3n) is 4.59. The minimum atomic E-state index is 0.484. The van der Waals surface area contributed by atoms with Gasteiger partial charge in [-0.3, -0.25) is 0 Å². The van der Waals surface area contributed by atoms with Gasteiger partial charge in [-0.15, -0.1) is 0 Å². The number of aryl methyl sites for hydroxylation is 1. The Morgan fingerprint density at radius 1 is 1.56 bits per heavy atom. The Morgan fingerprint density at radius 2 is 2.44 bits per heavy atom. The zero-order valence-corrected chi connectivity index (χ0v) is 11.3. The van der Waals surface area contributed by atoms with Crippen LogP contribution in [0.25, 0.3) is 0 Å². The Hall–Kier alpha value is -0.870. The molecule has 0 spiro atoms. The van der Waals surface area contributed by atoms with Gasteiger partial charge in [0.1, 0.15) is 5.82 Å². The fourth-order valence-electron chi connectivity index (χ4n) is 3.58. The fourth-order valence-corrected chi connectivity index (χ4v) is 3.58. The van der Waals surface area contributed by atoms with E-state index in [-0.39, 0.29) is 0 Å². The van der Waals surface area contributed by atoms with E-state index in [1.54, 1.807) is 0 Å². The largest absolute Gasteiger partial charge is 0.375 e. The molecule has 3 rings (SSSR count). The van der Waals surface area contributed by atoms with Crippen molar-refractivity contribution in [2.75, 3.05) is 7.05 Å². The lowest BCUT2D eigenvalue weighted by Gasteiger charge is -2.28. The molecule has 0 radical (unpaired) electrons. The molecule has 2 bridgehead atoms. The van der Waals surface area contributed by atoms with Crippen LogP contribution in [0.3, 0.4) is 0 Å². The molecule has 2 aliphatic rings. The number of fused-ring (bicyclic) bond motifs is 2. The van der Waals surface area contributed by atoms with E-state index in [4.69, 9.17) is 4.74 Å². The van der Waals surface area contributed by atoms with Crippen LogP contribution < -0.4 is 5.32 Å². The molecule has 4 heteroatoms. The molecule has 4 nitrogen and oxygen atoms in total. The molecule has 2 fully saturated rings. The average molecular weight is 249 g/mol. The van der Waals surface area contributed by atoms with Gasteiger partial charge >= 0.3 is 0 Å². The Balaban J connectivity index is 1.69.